The molecule has 1 aromatic carbocycles. The Labute approximate surface area is 119 Å². The van der Waals surface area contributed by atoms with Crippen molar-refractivity contribution in [2.45, 2.75) is 26.7 Å². The average Bonchev–Trinajstić information content (AvgIpc) is 2.81. The van der Waals surface area contributed by atoms with Crippen LogP contribution in [-0.4, -0.2) is 35.0 Å². The summed E-state index contributed by atoms with van der Waals surface area (Å²) in [4.78, 5) is 25.1. The molecule has 0 aliphatic carbocycles. The number of amides is 1. The standard InChI is InChI=1S/C16H21NO3/c1-3-12-6-4-5-7-13(12)8-15(18)17-9-11(2)14(10-17)16(19)20/h4-7,11,14H,3,8-10H2,1-2H3,(H,19,20)/t11-,14-/m1/s1. The summed E-state index contributed by atoms with van der Waals surface area (Å²) in [7, 11) is 0. The van der Waals surface area contributed by atoms with Gasteiger partial charge in [-0.25, -0.2) is 0 Å². The van der Waals surface area contributed by atoms with Gasteiger partial charge in [-0.05, 0) is 23.5 Å². The van der Waals surface area contributed by atoms with E-state index >= 15 is 0 Å². The van der Waals surface area contributed by atoms with Crippen LogP contribution < -0.4 is 0 Å². The first kappa shape index (κ1) is 14.6. The predicted molar refractivity (Wildman–Crippen MR) is 76.4 cm³/mol. The Balaban J connectivity index is 2.04. The molecule has 108 valence electrons. The molecule has 0 bridgehead atoms. The smallest absolute Gasteiger partial charge is 0.308 e. The number of benzene rings is 1. The number of nitrogens with zero attached hydrogens (tertiary/aromatic N) is 1. The predicted octanol–water partition coefficient (Wildman–Crippen LogP) is 1.97. The molecule has 2 rings (SSSR count). The second-order valence-electron chi connectivity index (χ2n) is 5.52. The van der Waals surface area contributed by atoms with E-state index in [2.05, 4.69) is 6.92 Å². The highest BCUT2D eigenvalue weighted by Crippen LogP contribution is 2.24. The van der Waals surface area contributed by atoms with Gasteiger partial charge in [0, 0.05) is 13.1 Å². The van der Waals surface area contributed by atoms with Crippen molar-refractivity contribution in [1.82, 2.24) is 4.90 Å². The van der Waals surface area contributed by atoms with Crippen molar-refractivity contribution in [2.75, 3.05) is 13.1 Å². The van der Waals surface area contributed by atoms with E-state index in [0.717, 1.165) is 12.0 Å². The van der Waals surface area contributed by atoms with Gasteiger partial charge in [0.05, 0.1) is 12.3 Å². The Morgan fingerprint density at radius 2 is 1.90 bits per heavy atom. The van der Waals surface area contributed by atoms with Gasteiger partial charge in [0.15, 0.2) is 0 Å². The molecule has 4 heteroatoms. The number of aryl methyl sites for hydroxylation is 1. The molecule has 0 radical (unpaired) electrons. The quantitative estimate of drug-likeness (QED) is 0.914. The largest absolute Gasteiger partial charge is 0.481 e. The number of carbonyl (C=O) groups is 2. The lowest BCUT2D eigenvalue weighted by Crippen LogP contribution is -2.31. The highest BCUT2D eigenvalue weighted by molar-refractivity contribution is 5.81. The number of likely N-dealkylation sites (tertiary alicyclic amines) is 1. The maximum absolute atomic E-state index is 12.3. The van der Waals surface area contributed by atoms with Crippen LogP contribution in [0.5, 0.6) is 0 Å². The molecule has 1 amide bonds. The summed E-state index contributed by atoms with van der Waals surface area (Å²) in [5.41, 5.74) is 2.23. The first-order valence-corrected chi connectivity index (χ1v) is 7.10. The van der Waals surface area contributed by atoms with Gasteiger partial charge in [-0.3, -0.25) is 9.59 Å². The lowest BCUT2D eigenvalue weighted by atomic mass is 9.99. The van der Waals surface area contributed by atoms with E-state index in [0.29, 0.717) is 19.5 Å². The van der Waals surface area contributed by atoms with Crippen LogP contribution in [0.15, 0.2) is 24.3 Å². The molecule has 1 fully saturated rings. The van der Waals surface area contributed by atoms with E-state index < -0.39 is 11.9 Å². The molecule has 0 unspecified atom stereocenters. The van der Waals surface area contributed by atoms with Crippen LogP contribution >= 0.6 is 0 Å². The fourth-order valence-corrected chi connectivity index (χ4v) is 2.84. The van der Waals surface area contributed by atoms with Gasteiger partial charge in [-0.15, -0.1) is 0 Å². The Morgan fingerprint density at radius 1 is 1.25 bits per heavy atom. The summed E-state index contributed by atoms with van der Waals surface area (Å²) < 4.78 is 0. The number of rotatable bonds is 4. The van der Waals surface area contributed by atoms with Gasteiger partial charge in [-0.1, -0.05) is 38.1 Å². The molecule has 1 aromatic rings. The molecule has 0 saturated carbocycles. The summed E-state index contributed by atoms with van der Waals surface area (Å²) in [6.07, 6.45) is 1.26. The number of carbonyl (C=O) groups excluding carboxylic acids is 1. The first-order chi connectivity index (χ1) is 9.52. The summed E-state index contributed by atoms with van der Waals surface area (Å²) in [6.45, 7) is 4.85. The van der Waals surface area contributed by atoms with E-state index in [-0.39, 0.29) is 11.8 Å². The van der Waals surface area contributed by atoms with Gasteiger partial charge in [0.25, 0.3) is 0 Å². The Hall–Kier alpha value is -1.84. The molecular weight excluding hydrogens is 254 g/mol. The molecule has 2 atom stereocenters. The van der Waals surface area contributed by atoms with Crippen molar-refractivity contribution in [3.63, 3.8) is 0 Å². The topological polar surface area (TPSA) is 57.6 Å². The highest BCUT2D eigenvalue weighted by Gasteiger charge is 2.36. The minimum Gasteiger partial charge on any atom is -0.481 e. The fourth-order valence-electron chi connectivity index (χ4n) is 2.84. The number of hydrogen-bond acceptors (Lipinski definition) is 2. The van der Waals surface area contributed by atoms with Crippen LogP contribution in [0.25, 0.3) is 0 Å². The summed E-state index contributed by atoms with van der Waals surface area (Å²) in [6, 6.07) is 7.93. The maximum atomic E-state index is 12.3. The maximum Gasteiger partial charge on any atom is 0.308 e. The number of carboxylic acid groups (broad SMARTS) is 1. The Bertz CT molecular complexity index is 512. The molecule has 0 aromatic heterocycles. The summed E-state index contributed by atoms with van der Waals surface area (Å²) >= 11 is 0. The van der Waals surface area contributed by atoms with Gasteiger partial charge < -0.3 is 10.0 Å². The molecule has 1 aliphatic heterocycles. The average molecular weight is 275 g/mol. The Kier molecular flexibility index (Phi) is 4.42. The Morgan fingerprint density at radius 3 is 2.45 bits per heavy atom. The van der Waals surface area contributed by atoms with Crippen LogP contribution in [0.2, 0.25) is 0 Å². The molecule has 4 nitrogen and oxygen atoms in total. The van der Waals surface area contributed by atoms with Crippen LogP contribution in [-0.2, 0) is 22.4 Å². The van der Waals surface area contributed by atoms with E-state index in [9.17, 15) is 9.59 Å². The third kappa shape index (κ3) is 3.00. The van der Waals surface area contributed by atoms with Crippen molar-refractivity contribution in [3.8, 4) is 0 Å². The molecule has 0 spiro atoms. The molecule has 1 saturated heterocycles. The van der Waals surface area contributed by atoms with Gasteiger partial charge in [0.2, 0.25) is 5.91 Å². The summed E-state index contributed by atoms with van der Waals surface area (Å²) in [5.74, 6) is -1.18. The van der Waals surface area contributed by atoms with Gasteiger partial charge >= 0.3 is 5.97 Å². The van der Waals surface area contributed by atoms with Crippen LogP contribution in [0.3, 0.4) is 0 Å². The SMILES string of the molecule is CCc1ccccc1CC(=O)N1C[C@@H](C)[C@H](C(=O)O)C1. The van der Waals surface area contributed by atoms with E-state index in [1.54, 1.807) is 4.90 Å². The number of hydrogen-bond donors (Lipinski definition) is 1. The van der Waals surface area contributed by atoms with E-state index in [1.807, 2.05) is 31.2 Å². The van der Waals surface area contributed by atoms with Crippen LogP contribution in [0, 0.1) is 11.8 Å². The highest BCUT2D eigenvalue weighted by atomic mass is 16.4. The normalized spacial score (nSPS) is 22.0. The van der Waals surface area contributed by atoms with Gasteiger partial charge in [-0.2, -0.15) is 0 Å². The molecule has 20 heavy (non-hydrogen) atoms. The van der Waals surface area contributed by atoms with Crippen molar-refractivity contribution in [3.05, 3.63) is 35.4 Å². The molecular formula is C16H21NO3. The minimum atomic E-state index is -0.804. The zero-order chi connectivity index (χ0) is 14.7. The lowest BCUT2D eigenvalue weighted by molar-refractivity contribution is -0.142. The van der Waals surface area contributed by atoms with Crippen molar-refractivity contribution in [1.29, 1.82) is 0 Å². The van der Waals surface area contributed by atoms with Crippen molar-refractivity contribution >= 4 is 11.9 Å². The van der Waals surface area contributed by atoms with E-state index in [4.69, 9.17) is 5.11 Å². The van der Waals surface area contributed by atoms with Crippen LogP contribution in [0.1, 0.15) is 25.0 Å². The summed E-state index contributed by atoms with van der Waals surface area (Å²) in [5, 5.41) is 9.12. The first-order valence-electron chi connectivity index (χ1n) is 7.10. The second kappa shape index (κ2) is 6.07. The monoisotopic (exact) mass is 275 g/mol. The minimum absolute atomic E-state index is 0.0258. The van der Waals surface area contributed by atoms with Crippen molar-refractivity contribution in [2.24, 2.45) is 11.8 Å². The van der Waals surface area contributed by atoms with Crippen molar-refractivity contribution < 1.29 is 14.7 Å². The zero-order valence-corrected chi connectivity index (χ0v) is 12.0. The molecule has 1 aliphatic rings. The molecule has 1 N–H and O–H groups in total. The molecule has 1 heterocycles. The third-order valence-electron chi connectivity index (χ3n) is 4.12. The van der Waals surface area contributed by atoms with Gasteiger partial charge in [0.1, 0.15) is 0 Å². The second-order valence-corrected chi connectivity index (χ2v) is 5.52. The van der Waals surface area contributed by atoms with Crippen LogP contribution in [0.4, 0.5) is 0 Å². The fraction of sp³-hybridized carbons (Fsp3) is 0.500. The lowest BCUT2D eigenvalue weighted by Gasteiger charge is -2.17. The number of aliphatic carboxylic acids is 1. The third-order valence-corrected chi connectivity index (χ3v) is 4.12. The van der Waals surface area contributed by atoms with E-state index in [1.165, 1.54) is 5.56 Å². The number of carboxylic acids is 1. The zero-order valence-electron chi connectivity index (χ0n) is 12.0.